The number of hydrogen-bond acceptors (Lipinski definition) is 9. The Hall–Kier alpha value is -2.16. The average molecular weight is 782 g/mol. The van der Waals surface area contributed by atoms with Crippen molar-refractivity contribution in [2.45, 2.75) is 208 Å². The number of carbonyl (C=O) groups excluding carboxylic acids is 4. The molecule has 0 aliphatic rings. The smallest absolute Gasteiger partial charge is 0.305 e. The molecule has 0 radical (unpaired) electrons. The second-order valence-corrected chi connectivity index (χ2v) is 16.6. The number of nitrogens with zero attached hydrogens (tertiary/aromatic N) is 1. The monoisotopic (exact) mass is 782 g/mol. The summed E-state index contributed by atoms with van der Waals surface area (Å²) in [7, 11) is 4.06. The molecule has 0 aliphatic heterocycles. The molecular formula is C46H87NO8. The molecule has 0 spiro atoms. The lowest BCUT2D eigenvalue weighted by Gasteiger charge is -2.32. The molecule has 0 bridgehead atoms. The summed E-state index contributed by atoms with van der Waals surface area (Å²) in [5.41, 5.74) is -1.21. The fourth-order valence-electron chi connectivity index (χ4n) is 7.03. The van der Waals surface area contributed by atoms with Crippen LogP contribution in [-0.4, -0.2) is 75.8 Å². The van der Waals surface area contributed by atoms with Crippen LogP contribution in [-0.2, 0) is 38.1 Å². The SMILES string of the molecule is CCCCCCCC(=O)OCC(COC(=O)CCCCCCC)(COC(=O)CCCCCN(C)C)COC(=O)CCC(CCCC)C(CCCC)CCCC. The number of carbonyl (C=O) groups is 4. The zero-order valence-electron chi connectivity index (χ0n) is 37.0. The van der Waals surface area contributed by atoms with Gasteiger partial charge < -0.3 is 23.8 Å². The van der Waals surface area contributed by atoms with Crippen molar-refractivity contribution in [2.24, 2.45) is 17.3 Å². The van der Waals surface area contributed by atoms with Crippen LogP contribution in [0.4, 0.5) is 0 Å². The highest BCUT2D eigenvalue weighted by atomic mass is 16.6. The van der Waals surface area contributed by atoms with Gasteiger partial charge in [0.2, 0.25) is 0 Å². The lowest BCUT2D eigenvalue weighted by atomic mass is 9.79. The van der Waals surface area contributed by atoms with E-state index in [1.54, 1.807) is 0 Å². The third-order valence-electron chi connectivity index (χ3n) is 10.8. The van der Waals surface area contributed by atoms with E-state index in [0.29, 0.717) is 24.7 Å². The van der Waals surface area contributed by atoms with Gasteiger partial charge in [0, 0.05) is 25.7 Å². The van der Waals surface area contributed by atoms with E-state index in [4.69, 9.17) is 18.9 Å². The highest BCUT2D eigenvalue weighted by Gasteiger charge is 2.38. The van der Waals surface area contributed by atoms with Gasteiger partial charge in [0.1, 0.15) is 31.8 Å². The molecule has 0 fully saturated rings. The highest BCUT2D eigenvalue weighted by Crippen LogP contribution is 2.32. The first-order chi connectivity index (χ1) is 26.6. The second kappa shape index (κ2) is 36.2. The van der Waals surface area contributed by atoms with Crippen molar-refractivity contribution in [1.82, 2.24) is 4.90 Å². The molecule has 0 amide bonds. The Morgan fingerprint density at radius 1 is 0.400 bits per heavy atom. The summed E-state index contributed by atoms with van der Waals surface area (Å²) in [4.78, 5) is 54.5. The van der Waals surface area contributed by atoms with E-state index in [1.165, 1.54) is 38.5 Å². The molecule has 0 heterocycles. The van der Waals surface area contributed by atoms with Crippen LogP contribution in [0, 0.1) is 17.3 Å². The van der Waals surface area contributed by atoms with Gasteiger partial charge in [0.05, 0.1) is 0 Å². The van der Waals surface area contributed by atoms with E-state index < -0.39 is 5.41 Å². The van der Waals surface area contributed by atoms with Crippen molar-refractivity contribution in [1.29, 1.82) is 0 Å². The van der Waals surface area contributed by atoms with Crippen LogP contribution < -0.4 is 0 Å². The molecule has 0 aliphatic carbocycles. The maximum atomic E-state index is 13.5. The molecule has 9 heteroatoms. The minimum absolute atomic E-state index is 0.176. The quantitative estimate of drug-likeness (QED) is 0.0342. The molecule has 0 saturated carbocycles. The van der Waals surface area contributed by atoms with Crippen LogP contribution >= 0.6 is 0 Å². The molecule has 1 atom stereocenters. The molecule has 9 nitrogen and oxygen atoms in total. The topological polar surface area (TPSA) is 108 Å². The van der Waals surface area contributed by atoms with Gasteiger partial charge in [-0.05, 0) is 64.6 Å². The standard InChI is InChI=1S/C46H87NO8/c1-8-13-18-20-23-30-42(48)52-36-46(37-53-43(49)31-24-21-19-14-9-2,38-54-44(50)32-25-22-26-35-47(6)7)39-55-45(51)34-33-41(29-17-12-5)40(27-15-10-3)28-16-11-4/h40-41H,8-39H2,1-7H3. The summed E-state index contributed by atoms with van der Waals surface area (Å²) in [5.74, 6) is -0.341. The van der Waals surface area contributed by atoms with Gasteiger partial charge in [-0.25, -0.2) is 0 Å². The molecule has 55 heavy (non-hydrogen) atoms. The van der Waals surface area contributed by atoms with Gasteiger partial charge in [-0.1, -0.05) is 150 Å². The molecule has 1 unspecified atom stereocenters. The van der Waals surface area contributed by atoms with Crippen molar-refractivity contribution in [2.75, 3.05) is 47.1 Å². The third kappa shape index (κ3) is 30.6. The summed E-state index contributed by atoms with van der Waals surface area (Å²) >= 11 is 0. The Balaban J connectivity index is 5.98. The molecule has 0 saturated heterocycles. The lowest BCUT2D eigenvalue weighted by Crippen LogP contribution is -2.44. The molecule has 0 aromatic carbocycles. The Kier molecular flexibility index (Phi) is 34.8. The number of esters is 4. The van der Waals surface area contributed by atoms with Crippen LogP contribution in [0.2, 0.25) is 0 Å². The zero-order chi connectivity index (χ0) is 41.0. The van der Waals surface area contributed by atoms with Crippen LogP contribution in [0.1, 0.15) is 208 Å². The summed E-state index contributed by atoms with van der Waals surface area (Å²) in [6.07, 6.45) is 25.0. The van der Waals surface area contributed by atoms with Crippen molar-refractivity contribution in [3.8, 4) is 0 Å². The van der Waals surface area contributed by atoms with E-state index in [2.05, 4.69) is 39.5 Å². The molecular weight excluding hydrogens is 695 g/mol. The van der Waals surface area contributed by atoms with Crippen molar-refractivity contribution in [3.05, 3.63) is 0 Å². The van der Waals surface area contributed by atoms with E-state index >= 15 is 0 Å². The average Bonchev–Trinajstić information content (AvgIpc) is 3.17. The summed E-state index contributed by atoms with van der Waals surface area (Å²) in [5, 5.41) is 0. The first kappa shape index (κ1) is 52.8. The Morgan fingerprint density at radius 2 is 0.709 bits per heavy atom. The second-order valence-electron chi connectivity index (χ2n) is 16.6. The minimum atomic E-state index is -1.21. The van der Waals surface area contributed by atoms with Crippen molar-refractivity contribution in [3.63, 3.8) is 0 Å². The van der Waals surface area contributed by atoms with E-state index in [-0.39, 0.29) is 69.6 Å². The lowest BCUT2D eigenvalue weighted by molar-refractivity contribution is -0.171. The van der Waals surface area contributed by atoms with Gasteiger partial charge in [-0.2, -0.15) is 0 Å². The van der Waals surface area contributed by atoms with Crippen LogP contribution in [0.5, 0.6) is 0 Å². The summed E-state index contributed by atoms with van der Waals surface area (Å²) in [6.45, 7) is 11.2. The van der Waals surface area contributed by atoms with E-state index in [1.807, 2.05) is 14.1 Å². The van der Waals surface area contributed by atoms with E-state index in [9.17, 15) is 19.2 Å². The fraction of sp³-hybridized carbons (Fsp3) is 0.913. The highest BCUT2D eigenvalue weighted by molar-refractivity contribution is 5.71. The van der Waals surface area contributed by atoms with Crippen LogP contribution in [0.3, 0.4) is 0 Å². The third-order valence-corrected chi connectivity index (χ3v) is 10.8. The van der Waals surface area contributed by atoms with Gasteiger partial charge in [0.15, 0.2) is 0 Å². The van der Waals surface area contributed by atoms with Gasteiger partial charge >= 0.3 is 23.9 Å². The van der Waals surface area contributed by atoms with Crippen molar-refractivity contribution >= 4 is 23.9 Å². The first-order valence-electron chi connectivity index (χ1n) is 22.8. The number of rotatable bonds is 39. The number of hydrogen-bond donors (Lipinski definition) is 0. The number of unbranched alkanes of at least 4 members (excludes halogenated alkanes) is 13. The predicted molar refractivity (Wildman–Crippen MR) is 225 cm³/mol. The summed E-state index contributed by atoms with van der Waals surface area (Å²) < 4.78 is 23.4. The van der Waals surface area contributed by atoms with Gasteiger partial charge in [0.25, 0.3) is 0 Å². The van der Waals surface area contributed by atoms with Crippen molar-refractivity contribution < 1.29 is 38.1 Å². The first-order valence-corrected chi connectivity index (χ1v) is 22.8. The van der Waals surface area contributed by atoms with Crippen LogP contribution in [0.25, 0.3) is 0 Å². The molecule has 0 N–H and O–H groups in total. The maximum absolute atomic E-state index is 13.5. The van der Waals surface area contributed by atoms with Gasteiger partial charge in [-0.3, -0.25) is 19.2 Å². The molecule has 0 aromatic heterocycles. The predicted octanol–water partition coefficient (Wildman–Crippen LogP) is 11.6. The largest absolute Gasteiger partial charge is 0.465 e. The Morgan fingerprint density at radius 3 is 1.05 bits per heavy atom. The molecule has 324 valence electrons. The van der Waals surface area contributed by atoms with Crippen LogP contribution in [0.15, 0.2) is 0 Å². The maximum Gasteiger partial charge on any atom is 0.305 e. The summed E-state index contributed by atoms with van der Waals surface area (Å²) in [6, 6.07) is 0. The van der Waals surface area contributed by atoms with E-state index in [0.717, 1.165) is 109 Å². The fourth-order valence-corrected chi connectivity index (χ4v) is 7.03. The number of ether oxygens (including phenoxy) is 4. The van der Waals surface area contributed by atoms with Gasteiger partial charge in [-0.15, -0.1) is 0 Å². The molecule has 0 aromatic rings. The molecule has 0 rings (SSSR count). The zero-order valence-corrected chi connectivity index (χ0v) is 37.0. The normalized spacial score (nSPS) is 12.2. The Bertz CT molecular complexity index is 916. The Labute approximate surface area is 338 Å². The minimum Gasteiger partial charge on any atom is -0.465 e.